The molecule has 6 nitrogen and oxygen atoms in total. The number of ether oxygens (including phenoxy) is 2. The van der Waals surface area contributed by atoms with Gasteiger partial charge >= 0.3 is 0 Å². The molecule has 4 unspecified atom stereocenters. The maximum Gasteiger partial charge on any atom is 0.201 e. The van der Waals surface area contributed by atoms with Crippen molar-refractivity contribution in [1.82, 2.24) is 0 Å². The van der Waals surface area contributed by atoms with E-state index in [1.54, 1.807) is 0 Å². The average molecular weight is 190 g/mol. The monoisotopic (exact) mass is 190 g/mol. The molecule has 0 aromatic rings. The lowest BCUT2D eigenvalue weighted by Crippen LogP contribution is -2.54. The van der Waals surface area contributed by atoms with Crippen LogP contribution in [0.1, 0.15) is 0 Å². The van der Waals surface area contributed by atoms with E-state index in [0.717, 1.165) is 0 Å². The van der Waals surface area contributed by atoms with Crippen LogP contribution in [0.25, 0.3) is 0 Å². The number of fused-ring (bicyclic) bond motifs is 1. The molecule has 0 amide bonds. The van der Waals surface area contributed by atoms with Crippen molar-refractivity contribution < 1.29 is 29.1 Å². The van der Waals surface area contributed by atoms with Gasteiger partial charge in [-0.15, -0.1) is 0 Å². The maximum atomic E-state index is 11.4. The normalized spacial score (nSPS) is 44.9. The molecule has 74 valence electrons. The lowest BCUT2D eigenvalue weighted by Gasteiger charge is -2.31. The molecule has 2 aliphatic heterocycles. The molecule has 6 heteroatoms. The molecule has 0 spiro atoms. The summed E-state index contributed by atoms with van der Waals surface area (Å²) in [4.78, 5) is 20.6. The number of hydrogen-bond acceptors (Lipinski definition) is 6. The van der Waals surface area contributed by atoms with Crippen LogP contribution in [0.5, 0.6) is 0 Å². The van der Waals surface area contributed by atoms with Crippen LogP contribution in [0.3, 0.4) is 0 Å². The molecule has 2 saturated heterocycles. The van der Waals surface area contributed by atoms with Crippen molar-refractivity contribution in [3.8, 4) is 0 Å². The van der Waals surface area contributed by atoms with Crippen LogP contribution in [0.15, 0.2) is 0 Å². The second-order valence-corrected chi connectivity index (χ2v) is 2.93. The third-order valence-corrected chi connectivity index (χ3v) is 2.11. The van der Waals surface area contributed by atoms with E-state index >= 15 is 0 Å². The van der Waals surface area contributed by atoms with Gasteiger partial charge in [0, 0.05) is 7.11 Å². The van der Waals surface area contributed by atoms with Crippen molar-refractivity contribution in [1.29, 1.82) is 0 Å². The third kappa shape index (κ3) is 1.36. The summed E-state index contributed by atoms with van der Waals surface area (Å²) < 4.78 is 9.98. The Morgan fingerprint density at radius 1 is 1.62 bits per heavy atom. The van der Waals surface area contributed by atoms with Gasteiger partial charge in [-0.25, -0.2) is 9.78 Å². The lowest BCUT2D eigenvalue weighted by atomic mass is 10.0. The molecule has 2 heterocycles. The Hall–Kier alpha value is -0.530. The highest BCUT2D eigenvalue weighted by molar-refractivity contribution is 5.89. The number of rotatable bonds is 1. The summed E-state index contributed by atoms with van der Waals surface area (Å²) in [7, 11) is 1.36. The number of aliphatic hydroxyl groups excluding tert-OH is 1. The Bertz CT molecular complexity index is 217. The summed E-state index contributed by atoms with van der Waals surface area (Å²) >= 11 is 0. The molecule has 2 rings (SSSR count). The van der Waals surface area contributed by atoms with Gasteiger partial charge in [0.05, 0.1) is 0 Å². The Morgan fingerprint density at radius 3 is 3.08 bits per heavy atom. The summed E-state index contributed by atoms with van der Waals surface area (Å²) in [6.45, 7) is 0.184. The van der Waals surface area contributed by atoms with Gasteiger partial charge in [0.15, 0.2) is 18.5 Å². The first-order chi connectivity index (χ1) is 6.24. The second-order valence-electron chi connectivity index (χ2n) is 2.93. The quantitative estimate of drug-likeness (QED) is 0.513. The van der Waals surface area contributed by atoms with E-state index < -0.39 is 30.4 Å². The molecule has 0 aromatic carbocycles. The molecular weight excluding hydrogens is 180 g/mol. The van der Waals surface area contributed by atoms with E-state index in [-0.39, 0.29) is 6.61 Å². The van der Waals surface area contributed by atoms with Crippen LogP contribution in [0.4, 0.5) is 0 Å². The Labute approximate surface area is 74.3 Å². The minimum atomic E-state index is -1.30. The molecule has 0 bridgehead atoms. The van der Waals surface area contributed by atoms with Gasteiger partial charge in [-0.3, -0.25) is 4.79 Å². The summed E-state index contributed by atoms with van der Waals surface area (Å²) in [5, 5.41) is 9.35. The van der Waals surface area contributed by atoms with Crippen molar-refractivity contribution in [2.24, 2.45) is 0 Å². The molecule has 0 saturated carbocycles. The van der Waals surface area contributed by atoms with Crippen molar-refractivity contribution in [2.75, 3.05) is 13.7 Å². The first-order valence-electron chi connectivity index (χ1n) is 3.92. The van der Waals surface area contributed by atoms with Gasteiger partial charge in [-0.05, 0) is 0 Å². The third-order valence-electron chi connectivity index (χ3n) is 2.11. The smallest absolute Gasteiger partial charge is 0.201 e. The second kappa shape index (κ2) is 3.32. The zero-order chi connectivity index (χ0) is 9.42. The maximum absolute atomic E-state index is 11.4. The summed E-state index contributed by atoms with van der Waals surface area (Å²) in [6, 6.07) is 0. The van der Waals surface area contributed by atoms with E-state index in [2.05, 4.69) is 9.78 Å². The summed E-state index contributed by atoms with van der Waals surface area (Å²) in [6.07, 6.45) is -3.51. The fourth-order valence-corrected chi connectivity index (χ4v) is 1.40. The topological polar surface area (TPSA) is 74.2 Å². The number of carbonyl (C=O) groups excluding carboxylic acids is 1. The SMILES string of the molecule is COC1OC2COOC2C(=O)C1O. The number of methoxy groups -OCH3 is 1. The minimum Gasteiger partial charge on any atom is -0.380 e. The van der Waals surface area contributed by atoms with Gasteiger partial charge in [-0.2, -0.15) is 0 Å². The first-order valence-corrected chi connectivity index (χ1v) is 3.92. The van der Waals surface area contributed by atoms with Gasteiger partial charge in [-0.1, -0.05) is 0 Å². The minimum absolute atomic E-state index is 0.184. The van der Waals surface area contributed by atoms with Gasteiger partial charge in [0.25, 0.3) is 0 Å². The number of ketones is 1. The fraction of sp³-hybridized carbons (Fsp3) is 0.857. The molecule has 0 aromatic heterocycles. The Morgan fingerprint density at radius 2 is 2.38 bits per heavy atom. The number of aliphatic hydroxyl groups is 1. The summed E-state index contributed by atoms with van der Waals surface area (Å²) in [5.74, 6) is -0.458. The highest BCUT2D eigenvalue weighted by Gasteiger charge is 2.49. The molecule has 0 radical (unpaired) electrons. The average Bonchev–Trinajstić information content (AvgIpc) is 2.59. The Balaban J connectivity index is 2.13. The zero-order valence-electron chi connectivity index (χ0n) is 7.00. The van der Waals surface area contributed by atoms with Gasteiger partial charge < -0.3 is 14.6 Å². The number of Topliss-reactive ketones (excluding diaryl/α,β-unsaturated/α-hetero) is 1. The van der Waals surface area contributed by atoms with E-state index in [1.807, 2.05) is 0 Å². The predicted molar refractivity (Wildman–Crippen MR) is 37.5 cm³/mol. The molecular formula is C7H10O6. The van der Waals surface area contributed by atoms with Crippen molar-refractivity contribution in [3.05, 3.63) is 0 Å². The summed E-state index contributed by atoms with van der Waals surface area (Å²) in [5.41, 5.74) is 0. The highest BCUT2D eigenvalue weighted by Crippen LogP contribution is 2.25. The van der Waals surface area contributed by atoms with E-state index in [9.17, 15) is 9.90 Å². The van der Waals surface area contributed by atoms with Crippen LogP contribution in [0.2, 0.25) is 0 Å². The first kappa shape index (κ1) is 9.04. The van der Waals surface area contributed by atoms with E-state index in [0.29, 0.717) is 0 Å². The molecule has 4 atom stereocenters. The van der Waals surface area contributed by atoms with Crippen LogP contribution >= 0.6 is 0 Å². The van der Waals surface area contributed by atoms with Crippen LogP contribution < -0.4 is 0 Å². The van der Waals surface area contributed by atoms with Gasteiger partial charge in [0.2, 0.25) is 5.78 Å². The predicted octanol–water partition coefficient (Wildman–Crippen LogP) is -1.38. The molecule has 1 N–H and O–H groups in total. The molecule has 2 fully saturated rings. The molecule has 2 aliphatic rings. The number of carbonyl (C=O) groups is 1. The molecule has 13 heavy (non-hydrogen) atoms. The zero-order valence-corrected chi connectivity index (χ0v) is 7.00. The lowest BCUT2D eigenvalue weighted by molar-refractivity contribution is -0.279. The fourth-order valence-electron chi connectivity index (χ4n) is 1.40. The Kier molecular flexibility index (Phi) is 2.31. The van der Waals surface area contributed by atoms with Crippen molar-refractivity contribution in [2.45, 2.75) is 24.6 Å². The van der Waals surface area contributed by atoms with E-state index in [4.69, 9.17) is 9.47 Å². The van der Waals surface area contributed by atoms with Crippen LogP contribution in [-0.4, -0.2) is 49.2 Å². The van der Waals surface area contributed by atoms with Gasteiger partial charge in [0.1, 0.15) is 12.7 Å². The highest BCUT2D eigenvalue weighted by atomic mass is 17.2. The van der Waals surface area contributed by atoms with Crippen LogP contribution in [0, 0.1) is 0 Å². The van der Waals surface area contributed by atoms with E-state index in [1.165, 1.54) is 7.11 Å². The van der Waals surface area contributed by atoms with Crippen molar-refractivity contribution >= 4 is 5.78 Å². The number of hydrogen-bond donors (Lipinski definition) is 1. The largest absolute Gasteiger partial charge is 0.380 e. The molecule has 0 aliphatic carbocycles. The van der Waals surface area contributed by atoms with Crippen LogP contribution in [-0.2, 0) is 24.0 Å². The standard InChI is InChI=1S/C7H10O6/c1-10-7-5(9)4(8)6-3(12-7)2-11-13-6/h3,5-7,9H,2H2,1H3. The van der Waals surface area contributed by atoms with Crippen molar-refractivity contribution in [3.63, 3.8) is 0 Å².